The van der Waals surface area contributed by atoms with Gasteiger partial charge in [0.05, 0.1) is 21.2 Å². The molecule has 106 valence electrons. The molecule has 3 nitrogen and oxygen atoms in total. The van der Waals surface area contributed by atoms with Crippen molar-refractivity contribution in [1.29, 1.82) is 0 Å². The predicted molar refractivity (Wildman–Crippen MR) is 78.4 cm³/mol. The van der Waals surface area contributed by atoms with Gasteiger partial charge in [-0.1, -0.05) is 34.8 Å². The molecule has 1 fully saturated rings. The van der Waals surface area contributed by atoms with Gasteiger partial charge in [-0.25, -0.2) is 0 Å². The molecular weight excluding hydrogens is 309 g/mol. The third-order valence-corrected chi connectivity index (χ3v) is 4.32. The summed E-state index contributed by atoms with van der Waals surface area (Å²) in [6.45, 7) is 2.10. The van der Waals surface area contributed by atoms with Crippen LogP contribution < -0.4 is 0 Å². The fourth-order valence-corrected chi connectivity index (χ4v) is 2.96. The van der Waals surface area contributed by atoms with Crippen LogP contribution in [0.1, 0.15) is 18.4 Å². The SMILES string of the molecule is CN(Cc1c(O)c(Cl)cc(Cl)c1Cl)C[C@@H]1CCCO1. The summed E-state index contributed by atoms with van der Waals surface area (Å²) in [6, 6.07) is 1.45. The third-order valence-electron chi connectivity index (χ3n) is 3.21. The molecule has 0 amide bonds. The van der Waals surface area contributed by atoms with E-state index in [9.17, 15) is 5.11 Å². The van der Waals surface area contributed by atoms with Crippen LogP contribution in [0.4, 0.5) is 0 Å². The molecule has 6 heteroatoms. The molecule has 1 aromatic carbocycles. The van der Waals surface area contributed by atoms with Crippen LogP contribution in [0.15, 0.2) is 6.07 Å². The second-order valence-electron chi connectivity index (χ2n) is 4.81. The Labute approximate surface area is 128 Å². The molecule has 0 unspecified atom stereocenters. The van der Waals surface area contributed by atoms with Gasteiger partial charge in [-0.3, -0.25) is 4.90 Å². The van der Waals surface area contributed by atoms with Gasteiger partial charge in [-0.2, -0.15) is 0 Å². The lowest BCUT2D eigenvalue weighted by atomic mass is 10.1. The number of halogens is 3. The number of aromatic hydroxyl groups is 1. The fourth-order valence-electron chi connectivity index (χ4n) is 2.25. The maximum atomic E-state index is 9.98. The molecule has 1 saturated heterocycles. The number of phenols is 1. The first kappa shape index (κ1) is 15.2. The van der Waals surface area contributed by atoms with Crippen molar-refractivity contribution in [1.82, 2.24) is 4.90 Å². The average molecular weight is 325 g/mol. The van der Waals surface area contributed by atoms with Gasteiger partial charge in [0.15, 0.2) is 0 Å². The van der Waals surface area contributed by atoms with Crippen molar-refractivity contribution in [2.75, 3.05) is 20.2 Å². The Bertz CT molecular complexity index is 435. The van der Waals surface area contributed by atoms with Crippen molar-refractivity contribution >= 4 is 34.8 Å². The number of hydrogen-bond acceptors (Lipinski definition) is 3. The highest BCUT2D eigenvalue weighted by Gasteiger charge is 2.20. The first-order valence-corrected chi connectivity index (χ1v) is 7.28. The Morgan fingerprint density at radius 2 is 2.11 bits per heavy atom. The van der Waals surface area contributed by atoms with E-state index in [1.807, 2.05) is 11.9 Å². The van der Waals surface area contributed by atoms with Gasteiger partial charge >= 0.3 is 0 Å². The molecule has 1 heterocycles. The number of benzene rings is 1. The number of phenolic OH excluding ortho intramolecular Hbond substituents is 1. The zero-order valence-corrected chi connectivity index (χ0v) is 12.9. The van der Waals surface area contributed by atoms with Crippen LogP contribution in [0.3, 0.4) is 0 Å². The van der Waals surface area contributed by atoms with Crippen molar-refractivity contribution in [2.45, 2.75) is 25.5 Å². The monoisotopic (exact) mass is 323 g/mol. The van der Waals surface area contributed by atoms with Crippen LogP contribution in [-0.2, 0) is 11.3 Å². The summed E-state index contributed by atoms with van der Waals surface area (Å²) in [5, 5.41) is 10.9. The van der Waals surface area contributed by atoms with Crippen molar-refractivity contribution < 1.29 is 9.84 Å². The molecule has 1 aromatic rings. The summed E-state index contributed by atoms with van der Waals surface area (Å²) in [7, 11) is 1.95. The number of hydrogen-bond donors (Lipinski definition) is 1. The number of ether oxygens (including phenoxy) is 1. The minimum atomic E-state index is -0.00439. The van der Waals surface area contributed by atoms with Crippen molar-refractivity contribution in [3.8, 4) is 5.75 Å². The molecule has 0 bridgehead atoms. The third kappa shape index (κ3) is 3.67. The minimum Gasteiger partial charge on any atom is -0.506 e. The van der Waals surface area contributed by atoms with Crippen LogP contribution in [0, 0.1) is 0 Å². The molecule has 0 radical (unpaired) electrons. The van der Waals surface area contributed by atoms with E-state index in [-0.39, 0.29) is 16.9 Å². The second kappa shape index (κ2) is 6.51. The molecule has 0 aromatic heterocycles. The molecular formula is C13H16Cl3NO2. The standard InChI is InChI=1S/C13H16Cl3NO2/c1-17(6-8-3-2-4-19-8)7-9-12(16)10(14)5-11(15)13(9)18/h5,8,18H,2-4,6-7H2,1H3/t8-/m0/s1. The lowest BCUT2D eigenvalue weighted by molar-refractivity contribution is 0.0791. The quantitative estimate of drug-likeness (QED) is 0.851. The molecule has 0 aliphatic carbocycles. The van der Waals surface area contributed by atoms with E-state index in [0.717, 1.165) is 26.0 Å². The maximum Gasteiger partial charge on any atom is 0.140 e. The summed E-state index contributed by atoms with van der Waals surface area (Å²) in [6.07, 6.45) is 2.42. The number of nitrogens with zero attached hydrogens (tertiary/aromatic N) is 1. The van der Waals surface area contributed by atoms with Crippen molar-refractivity contribution in [3.63, 3.8) is 0 Å². The van der Waals surface area contributed by atoms with Crippen LogP contribution in [0.5, 0.6) is 5.75 Å². The van der Waals surface area contributed by atoms with E-state index in [4.69, 9.17) is 39.5 Å². The van der Waals surface area contributed by atoms with E-state index in [1.54, 1.807) is 0 Å². The van der Waals surface area contributed by atoms with Crippen LogP contribution >= 0.6 is 34.8 Å². The first-order valence-electron chi connectivity index (χ1n) is 6.14. The molecule has 0 saturated carbocycles. The van der Waals surface area contributed by atoms with Gasteiger partial charge < -0.3 is 9.84 Å². The van der Waals surface area contributed by atoms with E-state index in [0.29, 0.717) is 22.2 Å². The summed E-state index contributed by atoms with van der Waals surface area (Å²) < 4.78 is 5.58. The lowest BCUT2D eigenvalue weighted by Gasteiger charge is -2.22. The van der Waals surface area contributed by atoms with Gasteiger partial charge in [0, 0.05) is 25.3 Å². The van der Waals surface area contributed by atoms with Gasteiger partial charge in [-0.15, -0.1) is 0 Å². The fraction of sp³-hybridized carbons (Fsp3) is 0.538. The topological polar surface area (TPSA) is 32.7 Å². The van der Waals surface area contributed by atoms with Gasteiger partial charge in [-0.05, 0) is 26.0 Å². The normalized spacial score (nSPS) is 19.3. The van der Waals surface area contributed by atoms with Crippen molar-refractivity contribution in [2.24, 2.45) is 0 Å². The lowest BCUT2D eigenvalue weighted by Crippen LogP contribution is -2.28. The highest BCUT2D eigenvalue weighted by atomic mass is 35.5. The zero-order valence-electron chi connectivity index (χ0n) is 10.6. The molecule has 1 N–H and O–H groups in total. The van der Waals surface area contributed by atoms with E-state index < -0.39 is 0 Å². The Morgan fingerprint density at radius 1 is 1.37 bits per heavy atom. The molecule has 0 spiro atoms. The second-order valence-corrected chi connectivity index (χ2v) is 6.01. The first-order chi connectivity index (χ1) is 8.99. The van der Waals surface area contributed by atoms with E-state index in [1.165, 1.54) is 6.07 Å². The largest absolute Gasteiger partial charge is 0.506 e. The zero-order chi connectivity index (χ0) is 14.0. The summed E-state index contributed by atoms with van der Waals surface area (Å²) in [5.41, 5.74) is 0.555. The maximum absolute atomic E-state index is 9.98. The predicted octanol–water partition coefficient (Wildman–Crippen LogP) is 3.96. The highest BCUT2D eigenvalue weighted by Crippen LogP contribution is 2.38. The molecule has 1 atom stereocenters. The van der Waals surface area contributed by atoms with Gasteiger partial charge in [0.1, 0.15) is 5.75 Å². The Hall–Kier alpha value is -0.190. The van der Waals surface area contributed by atoms with Crippen molar-refractivity contribution in [3.05, 3.63) is 26.7 Å². The highest BCUT2D eigenvalue weighted by molar-refractivity contribution is 6.44. The van der Waals surface area contributed by atoms with Gasteiger partial charge in [0.2, 0.25) is 0 Å². The summed E-state index contributed by atoms with van der Waals surface area (Å²) >= 11 is 18.0. The summed E-state index contributed by atoms with van der Waals surface area (Å²) in [5.74, 6) is -0.00439. The smallest absolute Gasteiger partial charge is 0.140 e. The van der Waals surface area contributed by atoms with E-state index >= 15 is 0 Å². The minimum absolute atomic E-state index is 0.00439. The molecule has 2 rings (SSSR count). The average Bonchev–Trinajstić information content (AvgIpc) is 2.85. The molecule has 19 heavy (non-hydrogen) atoms. The van der Waals surface area contributed by atoms with E-state index in [2.05, 4.69) is 0 Å². The van der Waals surface area contributed by atoms with Gasteiger partial charge in [0.25, 0.3) is 0 Å². The summed E-state index contributed by atoms with van der Waals surface area (Å²) in [4.78, 5) is 2.05. The molecule has 1 aliphatic rings. The van der Waals surface area contributed by atoms with Crippen LogP contribution in [0.2, 0.25) is 15.1 Å². The Kier molecular flexibility index (Phi) is 5.21. The van der Waals surface area contributed by atoms with Crippen LogP contribution in [0.25, 0.3) is 0 Å². The van der Waals surface area contributed by atoms with Crippen LogP contribution in [-0.4, -0.2) is 36.3 Å². The Morgan fingerprint density at radius 3 is 2.74 bits per heavy atom. The number of rotatable bonds is 4. The Balaban J connectivity index is 2.09. The number of likely N-dealkylation sites (N-methyl/N-ethyl adjacent to an activating group) is 1. The molecule has 1 aliphatic heterocycles.